The van der Waals surface area contributed by atoms with Gasteiger partial charge in [0.2, 0.25) is 10.0 Å². The van der Waals surface area contributed by atoms with Crippen molar-refractivity contribution in [2.75, 3.05) is 32.4 Å². The zero-order valence-corrected chi connectivity index (χ0v) is 12.8. The highest BCUT2D eigenvalue weighted by Crippen LogP contribution is 2.10. The van der Waals surface area contributed by atoms with Gasteiger partial charge in [-0.2, -0.15) is 4.31 Å². The Kier molecular flexibility index (Phi) is 7.69. The molecule has 118 valence electrons. The third-order valence-corrected chi connectivity index (χ3v) is 4.44. The Morgan fingerprint density at radius 2 is 1.50 bits per heavy atom. The van der Waals surface area contributed by atoms with Crippen LogP contribution < -0.4 is 0 Å². The number of carboxylic acid groups (broad SMARTS) is 2. The van der Waals surface area contributed by atoms with E-state index in [0.717, 1.165) is 19.5 Å². The number of aliphatic carboxylic acids is 2. The summed E-state index contributed by atoms with van der Waals surface area (Å²) in [6.07, 6.45) is 2.41. The molecule has 1 aliphatic rings. The molecule has 1 aliphatic heterocycles. The molecule has 1 unspecified atom stereocenters. The van der Waals surface area contributed by atoms with Gasteiger partial charge in [0, 0.05) is 32.2 Å². The Hall–Kier alpha value is -1.19. The van der Waals surface area contributed by atoms with Crippen molar-refractivity contribution in [2.45, 2.75) is 26.3 Å². The topological polar surface area (TPSA) is 115 Å². The van der Waals surface area contributed by atoms with Crippen molar-refractivity contribution in [1.82, 2.24) is 9.21 Å². The van der Waals surface area contributed by atoms with Gasteiger partial charge in [-0.25, -0.2) is 18.0 Å². The van der Waals surface area contributed by atoms with Crippen LogP contribution in [0.3, 0.4) is 0 Å². The molecule has 0 aromatic carbocycles. The minimum Gasteiger partial charge on any atom is -0.473 e. The molecule has 0 aromatic rings. The molecule has 1 rings (SSSR count). The number of sulfonamides is 1. The lowest BCUT2D eigenvalue weighted by atomic mass is 10.2. The predicted molar refractivity (Wildman–Crippen MR) is 73.0 cm³/mol. The molecule has 0 amide bonds. The molecule has 1 fully saturated rings. The second kappa shape index (κ2) is 8.18. The van der Waals surface area contributed by atoms with Crippen LogP contribution in [0.4, 0.5) is 0 Å². The van der Waals surface area contributed by atoms with Crippen LogP contribution >= 0.6 is 0 Å². The quantitative estimate of drug-likeness (QED) is 0.676. The molecule has 1 atom stereocenters. The highest BCUT2D eigenvalue weighted by molar-refractivity contribution is 7.88. The van der Waals surface area contributed by atoms with Crippen molar-refractivity contribution >= 4 is 22.0 Å². The third-order valence-electron chi connectivity index (χ3n) is 3.14. The summed E-state index contributed by atoms with van der Waals surface area (Å²) in [5.41, 5.74) is 0. The summed E-state index contributed by atoms with van der Waals surface area (Å²) in [7, 11) is -2.98. The molecule has 0 aromatic heterocycles. The maximum atomic E-state index is 11.2. The Bertz CT molecular complexity index is 416. The lowest BCUT2D eigenvalue weighted by Gasteiger charge is -2.36. The van der Waals surface area contributed by atoms with Gasteiger partial charge in [-0.1, -0.05) is 6.92 Å². The second-order valence-corrected chi connectivity index (χ2v) is 6.55. The zero-order chi connectivity index (χ0) is 15.9. The van der Waals surface area contributed by atoms with E-state index < -0.39 is 22.0 Å². The first-order valence-corrected chi connectivity index (χ1v) is 8.09. The Morgan fingerprint density at radius 1 is 1.10 bits per heavy atom. The van der Waals surface area contributed by atoms with Crippen molar-refractivity contribution in [2.24, 2.45) is 0 Å². The summed E-state index contributed by atoms with van der Waals surface area (Å²) in [5.74, 6) is -3.65. The SMILES string of the molecule is CCC(C)N1CCN(S(C)(=O)=O)CC1.O=C(O)C(=O)O. The van der Waals surface area contributed by atoms with Crippen molar-refractivity contribution in [3.05, 3.63) is 0 Å². The van der Waals surface area contributed by atoms with Gasteiger partial charge in [0.1, 0.15) is 0 Å². The van der Waals surface area contributed by atoms with Crippen LogP contribution in [0, 0.1) is 0 Å². The number of carbonyl (C=O) groups is 2. The van der Waals surface area contributed by atoms with Crippen molar-refractivity contribution < 1.29 is 28.2 Å². The van der Waals surface area contributed by atoms with E-state index in [2.05, 4.69) is 18.7 Å². The molecule has 0 spiro atoms. The average molecular weight is 310 g/mol. The van der Waals surface area contributed by atoms with Crippen molar-refractivity contribution in [3.63, 3.8) is 0 Å². The van der Waals surface area contributed by atoms with Crippen molar-refractivity contribution in [1.29, 1.82) is 0 Å². The molecular formula is C11H22N2O6S. The molecule has 0 bridgehead atoms. The monoisotopic (exact) mass is 310 g/mol. The summed E-state index contributed by atoms with van der Waals surface area (Å²) in [4.78, 5) is 20.5. The van der Waals surface area contributed by atoms with Gasteiger partial charge < -0.3 is 10.2 Å². The van der Waals surface area contributed by atoms with Gasteiger partial charge in [0.05, 0.1) is 6.26 Å². The summed E-state index contributed by atoms with van der Waals surface area (Å²) in [5, 5.41) is 14.8. The number of piperazine rings is 1. The first-order chi connectivity index (χ1) is 9.09. The fourth-order valence-corrected chi connectivity index (χ4v) is 2.56. The van der Waals surface area contributed by atoms with Crippen LogP contribution in [0.2, 0.25) is 0 Å². The smallest absolute Gasteiger partial charge is 0.414 e. The lowest BCUT2D eigenvalue weighted by Crippen LogP contribution is -2.50. The van der Waals surface area contributed by atoms with Crippen molar-refractivity contribution in [3.8, 4) is 0 Å². The Morgan fingerprint density at radius 3 is 1.75 bits per heavy atom. The molecule has 9 heteroatoms. The van der Waals surface area contributed by atoms with Gasteiger partial charge in [-0.05, 0) is 13.3 Å². The number of rotatable bonds is 3. The van der Waals surface area contributed by atoms with E-state index in [-0.39, 0.29) is 0 Å². The van der Waals surface area contributed by atoms with E-state index in [0.29, 0.717) is 19.1 Å². The highest BCUT2D eigenvalue weighted by Gasteiger charge is 2.24. The molecule has 20 heavy (non-hydrogen) atoms. The molecule has 0 saturated carbocycles. The lowest BCUT2D eigenvalue weighted by molar-refractivity contribution is -0.159. The molecule has 2 N–H and O–H groups in total. The van der Waals surface area contributed by atoms with Crippen LogP contribution in [-0.2, 0) is 19.6 Å². The van der Waals surface area contributed by atoms with Crippen LogP contribution in [0.15, 0.2) is 0 Å². The van der Waals surface area contributed by atoms with E-state index in [1.165, 1.54) is 6.26 Å². The molecule has 0 aliphatic carbocycles. The number of hydrogen-bond donors (Lipinski definition) is 2. The van der Waals surface area contributed by atoms with E-state index in [1.807, 2.05) is 0 Å². The molecule has 0 radical (unpaired) electrons. The minimum absolute atomic E-state index is 0.566. The Labute approximate surface area is 119 Å². The van der Waals surface area contributed by atoms with Crippen LogP contribution in [0.25, 0.3) is 0 Å². The first-order valence-electron chi connectivity index (χ1n) is 6.25. The first kappa shape index (κ1) is 18.8. The summed E-state index contributed by atoms with van der Waals surface area (Å²) >= 11 is 0. The zero-order valence-electron chi connectivity index (χ0n) is 11.9. The standard InChI is InChI=1S/C9H20N2O2S.C2H2O4/c1-4-9(2)10-5-7-11(8-6-10)14(3,12)13;3-1(4)2(5)6/h9H,4-8H2,1-3H3;(H,3,4)(H,5,6). The number of carboxylic acids is 2. The number of hydrogen-bond acceptors (Lipinski definition) is 5. The van der Waals surface area contributed by atoms with Gasteiger partial charge in [0.25, 0.3) is 0 Å². The maximum Gasteiger partial charge on any atom is 0.414 e. The Balaban J connectivity index is 0.000000511. The normalized spacial score (nSPS) is 18.8. The second-order valence-electron chi connectivity index (χ2n) is 4.57. The minimum atomic E-state index is -2.98. The molecule has 1 heterocycles. The van der Waals surface area contributed by atoms with Gasteiger partial charge in [-0.3, -0.25) is 4.90 Å². The van der Waals surface area contributed by atoms with E-state index in [9.17, 15) is 8.42 Å². The van der Waals surface area contributed by atoms with E-state index in [1.54, 1.807) is 4.31 Å². The van der Waals surface area contributed by atoms with Crippen LogP contribution in [0.5, 0.6) is 0 Å². The molecular weight excluding hydrogens is 288 g/mol. The summed E-state index contributed by atoms with van der Waals surface area (Å²) < 4.78 is 24.0. The molecule has 1 saturated heterocycles. The number of nitrogens with zero attached hydrogens (tertiary/aromatic N) is 2. The predicted octanol–water partition coefficient (Wildman–Crippen LogP) is -0.482. The average Bonchev–Trinajstić information content (AvgIpc) is 2.37. The molecule has 8 nitrogen and oxygen atoms in total. The van der Waals surface area contributed by atoms with E-state index >= 15 is 0 Å². The van der Waals surface area contributed by atoms with Crippen LogP contribution in [0.1, 0.15) is 20.3 Å². The largest absolute Gasteiger partial charge is 0.473 e. The fourth-order valence-electron chi connectivity index (χ4n) is 1.73. The highest BCUT2D eigenvalue weighted by atomic mass is 32.2. The van der Waals surface area contributed by atoms with Gasteiger partial charge >= 0.3 is 11.9 Å². The fraction of sp³-hybridized carbons (Fsp3) is 0.818. The summed E-state index contributed by atoms with van der Waals surface area (Å²) in [6, 6.07) is 0.566. The third kappa shape index (κ3) is 6.83. The summed E-state index contributed by atoms with van der Waals surface area (Å²) in [6.45, 7) is 7.36. The maximum absolute atomic E-state index is 11.2. The van der Waals surface area contributed by atoms with Crippen LogP contribution in [-0.4, -0.2) is 78.3 Å². The van der Waals surface area contributed by atoms with Gasteiger partial charge in [-0.15, -0.1) is 0 Å². The van der Waals surface area contributed by atoms with E-state index in [4.69, 9.17) is 19.8 Å². The van der Waals surface area contributed by atoms with Gasteiger partial charge in [0.15, 0.2) is 0 Å².